The summed E-state index contributed by atoms with van der Waals surface area (Å²) in [4.78, 5) is 10.1. The highest BCUT2D eigenvalue weighted by Gasteiger charge is 2.07. The molecule has 0 bridgehead atoms. The van der Waals surface area contributed by atoms with Gasteiger partial charge >= 0.3 is 5.97 Å². The third-order valence-electron chi connectivity index (χ3n) is 0.883. The fourth-order valence-electron chi connectivity index (χ4n) is 0.467. The third-order valence-corrected chi connectivity index (χ3v) is 0.883. The largest absolute Gasteiger partial charge is 0.476 e. The Labute approximate surface area is 50.5 Å². The summed E-state index contributed by atoms with van der Waals surface area (Å²) in [5, 5.41) is 13.9. The Morgan fingerprint density at radius 1 is 1.89 bits per heavy atom. The predicted octanol–water partition coefficient (Wildman–Crippen LogP) is -0.310. The molecule has 0 saturated heterocycles. The minimum atomic E-state index is -1.09. The van der Waals surface area contributed by atoms with Gasteiger partial charge in [0.05, 0.1) is 11.9 Å². The van der Waals surface area contributed by atoms with Crippen molar-refractivity contribution in [2.75, 3.05) is 5.73 Å². The van der Waals surface area contributed by atoms with Crippen LogP contribution in [0.1, 0.15) is 10.5 Å². The van der Waals surface area contributed by atoms with Gasteiger partial charge < -0.3 is 10.8 Å². The van der Waals surface area contributed by atoms with Crippen LogP contribution >= 0.6 is 0 Å². The number of rotatable bonds is 1. The van der Waals surface area contributed by atoms with Gasteiger partial charge in [0.2, 0.25) is 0 Å². The van der Waals surface area contributed by atoms with Crippen molar-refractivity contribution in [1.29, 1.82) is 0 Å². The SMILES string of the molecule is Nc1cn[nH]c1C(=O)O. The van der Waals surface area contributed by atoms with Crippen LogP contribution in [0, 0.1) is 0 Å². The number of aromatic nitrogens is 2. The first-order valence-electron chi connectivity index (χ1n) is 2.24. The Hall–Kier alpha value is -1.52. The number of nitrogens with one attached hydrogen (secondary N) is 1. The number of nitrogen functional groups attached to an aromatic ring is 1. The summed E-state index contributed by atoms with van der Waals surface area (Å²) in [5.41, 5.74) is 5.26. The smallest absolute Gasteiger partial charge is 0.356 e. The summed E-state index contributed by atoms with van der Waals surface area (Å²) < 4.78 is 0. The summed E-state index contributed by atoms with van der Waals surface area (Å²) in [5.74, 6) is -1.09. The number of anilines is 1. The number of aromatic amines is 1. The van der Waals surface area contributed by atoms with Crippen LogP contribution in [0.4, 0.5) is 5.69 Å². The average molecular weight is 127 g/mol. The van der Waals surface area contributed by atoms with Crippen molar-refractivity contribution in [3.05, 3.63) is 11.9 Å². The van der Waals surface area contributed by atoms with Gasteiger partial charge in [-0.15, -0.1) is 0 Å². The van der Waals surface area contributed by atoms with E-state index in [1.165, 1.54) is 6.20 Å². The molecule has 0 aliphatic carbocycles. The number of carbonyl (C=O) groups is 1. The molecule has 9 heavy (non-hydrogen) atoms. The van der Waals surface area contributed by atoms with Crippen molar-refractivity contribution in [2.45, 2.75) is 0 Å². The van der Waals surface area contributed by atoms with Gasteiger partial charge in [-0.3, -0.25) is 5.10 Å². The molecule has 5 nitrogen and oxygen atoms in total. The fourth-order valence-corrected chi connectivity index (χ4v) is 0.467. The summed E-state index contributed by atoms with van der Waals surface area (Å²) in [6, 6.07) is 0. The fraction of sp³-hybridized carbons (Fsp3) is 0. The highest BCUT2D eigenvalue weighted by atomic mass is 16.4. The quantitative estimate of drug-likeness (QED) is 0.482. The summed E-state index contributed by atoms with van der Waals surface area (Å²) in [7, 11) is 0. The topological polar surface area (TPSA) is 92.0 Å². The van der Waals surface area contributed by atoms with E-state index in [0.29, 0.717) is 0 Å². The average Bonchev–Trinajstić information content (AvgIpc) is 2.13. The van der Waals surface area contributed by atoms with Gasteiger partial charge in [-0.05, 0) is 0 Å². The molecule has 0 radical (unpaired) electrons. The zero-order chi connectivity index (χ0) is 6.85. The predicted molar refractivity (Wildman–Crippen MR) is 30.0 cm³/mol. The van der Waals surface area contributed by atoms with E-state index in [-0.39, 0.29) is 11.4 Å². The molecule has 1 aromatic heterocycles. The normalized spacial score (nSPS) is 9.33. The van der Waals surface area contributed by atoms with E-state index in [4.69, 9.17) is 10.8 Å². The summed E-state index contributed by atoms with van der Waals surface area (Å²) >= 11 is 0. The van der Waals surface area contributed by atoms with Crippen molar-refractivity contribution in [2.24, 2.45) is 0 Å². The minimum Gasteiger partial charge on any atom is -0.476 e. The highest BCUT2D eigenvalue weighted by Crippen LogP contribution is 2.03. The number of H-pyrrole nitrogens is 1. The van der Waals surface area contributed by atoms with Crippen molar-refractivity contribution < 1.29 is 9.90 Å². The maximum absolute atomic E-state index is 10.1. The van der Waals surface area contributed by atoms with E-state index in [1.54, 1.807) is 0 Å². The lowest BCUT2D eigenvalue weighted by Crippen LogP contribution is -2.00. The Kier molecular flexibility index (Phi) is 1.11. The van der Waals surface area contributed by atoms with Crippen molar-refractivity contribution in [3.8, 4) is 0 Å². The zero-order valence-corrected chi connectivity index (χ0v) is 4.46. The summed E-state index contributed by atoms with van der Waals surface area (Å²) in [6.07, 6.45) is 1.25. The van der Waals surface area contributed by atoms with E-state index in [1.807, 2.05) is 0 Å². The van der Waals surface area contributed by atoms with Crippen LogP contribution in [0.15, 0.2) is 6.20 Å². The Bertz CT molecular complexity index is 229. The molecule has 0 spiro atoms. The molecule has 48 valence electrons. The van der Waals surface area contributed by atoms with Gasteiger partial charge in [0, 0.05) is 0 Å². The molecule has 1 heterocycles. The van der Waals surface area contributed by atoms with Crippen LogP contribution in [0.2, 0.25) is 0 Å². The van der Waals surface area contributed by atoms with Crippen LogP contribution in [0.3, 0.4) is 0 Å². The highest BCUT2D eigenvalue weighted by molar-refractivity contribution is 5.90. The number of carboxylic acids is 1. The maximum Gasteiger partial charge on any atom is 0.356 e. The molecule has 0 atom stereocenters. The molecule has 0 amide bonds. The maximum atomic E-state index is 10.1. The van der Waals surface area contributed by atoms with E-state index in [2.05, 4.69) is 10.2 Å². The molecule has 5 heteroatoms. The number of hydrogen-bond donors (Lipinski definition) is 3. The van der Waals surface area contributed by atoms with Gasteiger partial charge in [-0.2, -0.15) is 5.10 Å². The van der Waals surface area contributed by atoms with Crippen LogP contribution < -0.4 is 5.73 Å². The van der Waals surface area contributed by atoms with Crippen LogP contribution in [0.25, 0.3) is 0 Å². The standard InChI is InChI=1S/C4H5N3O2/c5-2-1-6-7-3(2)4(8)9/h1H,5H2,(H,6,7)(H,8,9). The van der Waals surface area contributed by atoms with Gasteiger partial charge in [0.15, 0.2) is 5.69 Å². The van der Waals surface area contributed by atoms with Crippen LogP contribution in [-0.4, -0.2) is 21.3 Å². The second-order valence-electron chi connectivity index (χ2n) is 1.51. The molecule has 0 aromatic carbocycles. The van der Waals surface area contributed by atoms with E-state index in [0.717, 1.165) is 0 Å². The Morgan fingerprint density at radius 3 is 2.78 bits per heavy atom. The number of nitrogens with two attached hydrogens (primary N) is 1. The van der Waals surface area contributed by atoms with Gasteiger partial charge in [-0.25, -0.2) is 4.79 Å². The molecule has 0 fully saturated rings. The summed E-state index contributed by atoms with van der Waals surface area (Å²) in [6.45, 7) is 0. The lowest BCUT2D eigenvalue weighted by Gasteiger charge is -1.85. The molecular formula is C4H5N3O2. The van der Waals surface area contributed by atoms with Crippen LogP contribution in [0.5, 0.6) is 0 Å². The number of carboxylic acid groups (broad SMARTS) is 1. The first-order valence-corrected chi connectivity index (χ1v) is 2.24. The monoisotopic (exact) mass is 127 g/mol. The van der Waals surface area contributed by atoms with Crippen LogP contribution in [-0.2, 0) is 0 Å². The molecule has 0 aliphatic rings. The van der Waals surface area contributed by atoms with Gasteiger partial charge in [0.1, 0.15) is 0 Å². The van der Waals surface area contributed by atoms with Crippen molar-refractivity contribution >= 4 is 11.7 Å². The first-order chi connectivity index (χ1) is 4.22. The number of aromatic carboxylic acids is 1. The van der Waals surface area contributed by atoms with Gasteiger partial charge in [0.25, 0.3) is 0 Å². The van der Waals surface area contributed by atoms with E-state index < -0.39 is 5.97 Å². The first kappa shape index (κ1) is 5.61. The molecule has 0 aliphatic heterocycles. The molecule has 0 unspecified atom stereocenters. The lowest BCUT2D eigenvalue weighted by atomic mass is 10.4. The zero-order valence-electron chi connectivity index (χ0n) is 4.46. The Balaban J connectivity index is 3.08. The minimum absolute atomic E-state index is 0.0602. The third kappa shape index (κ3) is 0.835. The Morgan fingerprint density at radius 2 is 2.56 bits per heavy atom. The molecule has 1 rings (SSSR count). The lowest BCUT2D eigenvalue weighted by molar-refractivity contribution is 0.0691. The molecule has 1 aromatic rings. The van der Waals surface area contributed by atoms with E-state index >= 15 is 0 Å². The number of nitrogens with zero attached hydrogens (tertiary/aromatic N) is 1. The van der Waals surface area contributed by atoms with Gasteiger partial charge in [-0.1, -0.05) is 0 Å². The van der Waals surface area contributed by atoms with Crippen molar-refractivity contribution in [1.82, 2.24) is 10.2 Å². The van der Waals surface area contributed by atoms with E-state index in [9.17, 15) is 4.79 Å². The molecule has 4 N–H and O–H groups in total. The molecule has 0 saturated carbocycles. The van der Waals surface area contributed by atoms with Crippen molar-refractivity contribution in [3.63, 3.8) is 0 Å². The molecular weight excluding hydrogens is 122 g/mol. The number of hydrogen-bond acceptors (Lipinski definition) is 3. The second kappa shape index (κ2) is 1.77. The second-order valence-corrected chi connectivity index (χ2v) is 1.51.